The molecule has 10 heteroatoms. The molecule has 0 unspecified atom stereocenters. The van der Waals surface area contributed by atoms with Crippen molar-refractivity contribution < 1.29 is 22.6 Å². The topological polar surface area (TPSA) is 120 Å². The van der Waals surface area contributed by atoms with Crippen molar-refractivity contribution in [3.63, 3.8) is 0 Å². The first-order chi connectivity index (χ1) is 13.1. The van der Waals surface area contributed by atoms with Crippen LogP contribution in [0.3, 0.4) is 0 Å². The molecular weight excluding hydrogens is 385 g/mol. The van der Waals surface area contributed by atoms with E-state index in [-0.39, 0.29) is 23.0 Å². The smallest absolute Gasteiger partial charge is 0.369 e. The lowest BCUT2D eigenvalue weighted by molar-refractivity contribution is -0.365. The molecule has 1 aliphatic heterocycles. The minimum absolute atomic E-state index is 0.0310. The molecule has 0 atom stereocenters. The van der Waals surface area contributed by atoms with E-state index < -0.39 is 21.6 Å². The van der Waals surface area contributed by atoms with Gasteiger partial charge in [-0.2, -0.15) is 0 Å². The number of sulfonamides is 1. The summed E-state index contributed by atoms with van der Waals surface area (Å²) in [7, 11) is -3.18. The molecule has 0 spiro atoms. The van der Waals surface area contributed by atoms with Gasteiger partial charge in [-0.25, -0.2) is 22.1 Å². The van der Waals surface area contributed by atoms with Crippen LogP contribution in [-0.4, -0.2) is 48.9 Å². The molecule has 4 N–H and O–H groups in total. The van der Waals surface area contributed by atoms with Crippen LogP contribution in [0.2, 0.25) is 0 Å². The van der Waals surface area contributed by atoms with Crippen molar-refractivity contribution in [3.8, 4) is 0 Å². The fourth-order valence-electron chi connectivity index (χ4n) is 3.19. The average molecular weight is 408 g/mol. The number of aryl methyl sites for hydroxylation is 1. The number of nitrogens with two attached hydrogens (primary N) is 1. The van der Waals surface area contributed by atoms with Crippen LogP contribution in [0.15, 0.2) is 24.4 Å². The molecule has 2 heterocycles. The third-order valence-corrected chi connectivity index (χ3v) is 6.12. The van der Waals surface area contributed by atoms with Crippen molar-refractivity contribution in [2.45, 2.75) is 25.8 Å². The van der Waals surface area contributed by atoms with E-state index in [0.29, 0.717) is 37.4 Å². The number of piperidine rings is 1. The fourth-order valence-corrected chi connectivity index (χ4v) is 4.07. The molecule has 1 aliphatic rings. The lowest BCUT2D eigenvalue weighted by Crippen LogP contribution is -2.42. The van der Waals surface area contributed by atoms with Gasteiger partial charge in [-0.05, 0) is 37.5 Å². The van der Waals surface area contributed by atoms with Crippen LogP contribution in [0.1, 0.15) is 34.3 Å². The summed E-state index contributed by atoms with van der Waals surface area (Å²) in [6.07, 6.45) is 3.91. The van der Waals surface area contributed by atoms with E-state index >= 15 is 0 Å². The number of carbonyl (C=O) groups is 1. The highest BCUT2D eigenvalue weighted by atomic mass is 32.2. The highest BCUT2D eigenvalue weighted by molar-refractivity contribution is 7.88. The van der Waals surface area contributed by atoms with Crippen molar-refractivity contribution in [2.24, 2.45) is 0 Å². The molecule has 2 aromatic rings. The molecule has 0 amide bonds. The first kappa shape index (κ1) is 20.2. The van der Waals surface area contributed by atoms with E-state index in [1.165, 1.54) is 35.0 Å². The summed E-state index contributed by atoms with van der Waals surface area (Å²) in [5, 5.41) is 3.18. The number of ketones is 1. The Hall–Kier alpha value is -2.59. The number of halogens is 1. The zero-order chi connectivity index (χ0) is 20.5. The molecule has 1 fully saturated rings. The second kappa shape index (κ2) is 7.80. The lowest BCUT2D eigenvalue weighted by atomic mass is 10.0. The summed E-state index contributed by atoms with van der Waals surface area (Å²) in [5.41, 5.74) is 6.99. The number of nitrogens with one attached hydrogen (secondary N) is 2. The third-order valence-electron chi connectivity index (χ3n) is 4.81. The Labute approximate surface area is 163 Å². The SMILES string of the molecule is Cc1ccc(F)cc1C(=O)c1c[nH+]c(NC2CCN(S(C)(=O)=O)CC2)nc1N. The van der Waals surface area contributed by atoms with Gasteiger partial charge in [0.15, 0.2) is 0 Å². The number of aromatic nitrogens is 2. The molecule has 1 aromatic carbocycles. The van der Waals surface area contributed by atoms with Gasteiger partial charge in [0.1, 0.15) is 11.4 Å². The Balaban J connectivity index is 1.71. The molecular formula is C18H23FN5O3S+. The molecule has 0 bridgehead atoms. The minimum Gasteiger partial charge on any atom is -0.369 e. The number of anilines is 2. The summed E-state index contributed by atoms with van der Waals surface area (Å²) < 4.78 is 38.1. The maximum Gasteiger partial charge on any atom is 0.391 e. The van der Waals surface area contributed by atoms with Gasteiger partial charge < -0.3 is 5.73 Å². The van der Waals surface area contributed by atoms with E-state index in [2.05, 4.69) is 15.3 Å². The lowest BCUT2D eigenvalue weighted by Gasteiger charge is -2.28. The Bertz CT molecular complexity index is 1000. The number of benzene rings is 1. The van der Waals surface area contributed by atoms with E-state index in [1.54, 1.807) is 6.92 Å². The summed E-state index contributed by atoms with van der Waals surface area (Å²) in [6, 6.07) is 4.04. The van der Waals surface area contributed by atoms with E-state index in [4.69, 9.17) is 5.73 Å². The summed E-state index contributed by atoms with van der Waals surface area (Å²) >= 11 is 0. The Morgan fingerprint density at radius 2 is 2.00 bits per heavy atom. The van der Waals surface area contributed by atoms with Crippen LogP contribution in [0.4, 0.5) is 16.2 Å². The van der Waals surface area contributed by atoms with Crippen LogP contribution in [-0.2, 0) is 10.0 Å². The molecule has 28 heavy (non-hydrogen) atoms. The zero-order valence-electron chi connectivity index (χ0n) is 15.7. The maximum atomic E-state index is 13.5. The van der Waals surface area contributed by atoms with Crippen molar-refractivity contribution in [1.29, 1.82) is 0 Å². The van der Waals surface area contributed by atoms with Gasteiger partial charge >= 0.3 is 5.95 Å². The van der Waals surface area contributed by atoms with Gasteiger partial charge in [-0.3, -0.25) is 10.1 Å². The quantitative estimate of drug-likeness (QED) is 0.712. The van der Waals surface area contributed by atoms with Crippen molar-refractivity contribution >= 4 is 27.6 Å². The van der Waals surface area contributed by atoms with Crippen LogP contribution in [0.5, 0.6) is 0 Å². The summed E-state index contributed by atoms with van der Waals surface area (Å²) in [4.78, 5) is 19.8. The average Bonchev–Trinajstić information content (AvgIpc) is 2.63. The van der Waals surface area contributed by atoms with Gasteiger partial charge in [0, 0.05) is 18.7 Å². The highest BCUT2D eigenvalue weighted by Crippen LogP contribution is 2.20. The standard InChI is InChI=1S/C18H22FN5O3S/c1-11-3-4-12(19)9-14(11)16(25)15-10-21-18(23-17(15)20)22-13-5-7-24(8-6-13)28(2,26)27/h3-4,9-10,13H,5-8H2,1-2H3,(H3,20,21,22,23)/p+1. The Morgan fingerprint density at radius 1 is 1.32 bits per heavy atom. The first-order valence-electron chi connectivity index (χ1n) is 8.86. The van der Waals surface area contributed by atoms with Crippen LogP contribution in [0.25, 0.3) is 0 Å². The highest BCUT2D eigenvalue weighted by Gasteiger charge is 2.28. The number of aromatic amines is 1. The second-order valence-electron chi connectivity index (χ2n) is 6.92. The monoisotopic (exact) mass is 408 g/mol. The molecule has 1 saturated heterocycles. The predicted molar refractivity (Wildman–Crippen MR) is 103 cm³/mol. The van der Waals surface area contributed by atoms with Crippen molar-refractivity contribution in [3.05, 3.63) is 46.9 Å². The van der Waals surface area contributed by atoms with E-state index in [9.17, 15) is 17.6 Å². The van der Waals surface area contributed by atoms with Crippen LogP contribution < -0.4 is 16.0 Å². The molecule has 1 aromatic heterocycles. The number of carbonyl (C=O) groups excluding carboxylic acids is 1. The van der Waals surface area contributed by atoms with E-state index in [1.807, 2.05) is 0 Å². The first-order valence-corrected chi connectivity index (χ1v) is 10.7. The second-order valence-corrected chi connectivity index (χ2v) is 8.90. The van der Waals surface area contributed by atoms with Gasteiger partial charge in [0.05, 0.1) is 18.5 Å². The van der Waals surface area contributed by atoms with Crippen LogP contribution in [0, 0.1) is 12.7 Å². The molecule has 0 saturated carbocycles. The molecule has 0 radical (unpaired) electrons. The van der Waals surface area contributed by atoms with Gasteiger partial charge in [0.25, 0.3) is 0 Å². The van der Waals surface area contributed by atoms with Crippen LogP contribution >= 0.6 is 0 Å². The number of rotatable bonds is 5. The van der Waals surface area contributed by atoms with Crippen molar-refractivity contribution in [1.82, 2.24) is 9.29 Å². The van der Waals surface area contributed by atoms with Crippen molar-refractivity contribution in [2.75, 3.05) is 30.4 Å². The zero-order valence-corrected chi connectivity index (χ0v) is 16.5. The molecule has 8 nitrogen and oxygen atoms in total. The van der Waals surface area contributed by atoms with Gasteiger partial charge in [-0.1, -0.05) is 11.1 Å². The summed E-state index contributed by atoms with van der Waals surface area (Å²) in [6.45, 7) is 2.58. The number of nitrogen functional groups attached to an aromatic ring is 1. The van der Waals surface area contributed by atoms with E-state index in [0.717, 1.165) is 0 Å². The number of hydrogen-bond donors (Lipinski definition) is 2. The summed E-state index contributed by atoms with van der Waals surface area (Å²) in [5.74, 6) is -0.485. The Kier molecular flexibility index (Phi) is 5.61. The van der Waals surface area contributed by atoms with Gasteiger partial charge in [-0.15, -0.1) is 0 Å². The third kappa shape index (κ3) is 4.45. The fraction of sp³-hybridized carbons (Fsp3) is 0.389. The Morgan fingerprint density at radius 3 is 2.61 bits per heavy atom. The number of H-pyrrole nitrogens is 1. The predicted octanol–water partition coefficient (Wildman–Crippen LogP) is 0.992. The molecule has 150 valence electrons. The number of hydrogen-bond acceptors (Lipinski definition) is 6. The normalized spacial score (nSPS) is 16.1. The molecule has 0 aliphatic carbocycles. The maximum absolute atomic E-state index is 13.5. The van der Waals surface area contributed by atoms with Gasteiger partial charge in [0.2, 0.25) is 21.6 Å². The number of nitrogens with zero attached hydrogens (tertiary/aromatic N) is 2. The largest absolute Gasteiger partial charge is 0.391 e. The minimum atomic E-state index is -3.18. The molecule has 3 rings (SSSR count).